The molecule has 0 bridgehead atoms. The first-order valence-electron chi connectivity index (χ1n) is 5.65. The first-order chi connectivity index (χ1) is 7.91. The molecule has 4 heteroatoms. The van der Waals surface area contributed by atoms with Crippen molar-refractivity contribution >= 4 is 5.91 Å². The van der Waals surface area contributed by atoms with Crippen molar-refractivity contribution in [2.24, 2.45) is 5.73 Å². The van der Waals surface area contributed by atoms with Gasteiger partial charge in [0.15, 0.2) is 6.10 Å². The third-order valence-electron chi connectivity index (χ3n) is 2.51. The molecule has 0 aliphatic rings. The predicted molar refractivity (Wildman–Crippen MR) is 67.8 cm³/mol. The summed E-state index contributed by atoms with van der Waals surface area (Å²) >= 11 is 0. The topological polar surface area (TPSA) is 55.6 Å². The zero-order valence-electron chi connectivity index (χ0n) is 10.8. The van der Waals surface area contributed by atoms with Crippen LogP contribution < -0.4 is 10.5 Å². The summed E-state index contributed by atoms with van der Waals surface area (Å²) in [6.45, 7) is 3.66. The van der Waals surface area contributed by atoms with E-state index in [-0.39, 0.29) is 11.9 Å². The summed E-state index contributed by atoms with van der Waals surface area (Å²) < 4.78 is 5.54. The number of nitrogens with two attached hydrogens (primary N) is 1. The molecular weight excluding hydrogens is 216 g/mol. The Hall–Kier alpha value is -1.55. The van der Waals surface area contributed by atoms with E-state index in [1.807, 2.05) is 31.2 Å². The van der Waals surface area contributed by atoms with E-state index in [0.717, 1.165) is 5.56 Å². The average molecular weight is 236 g/mol. The lowest BCUT2D eigenvalue weighted by Crippen LogP contribution is -2.35. The minimum Gasteiger partial charge on any atom is -0.481 e. The minimum absolute atomic E-state index is 0.00452. The maximum absolute atomic E-state index is 11.6. The van der Waals surface area contributed by atoms with Crippen LogP contribution in [0.15, 0.2) is 24.3 Å². The molecule has 0 radical (unpaired) electrons. The van der Waals surface area contributed by atoms with Gasteiger partial charge in [-0.1, -0.05) is 12.1 Å². The van der Waals surface area contributed by atoms with Crippen molar-refractivity contribution in [1.29, 1.82) is 0 Å². The van der Waals surface area contributed by atoms with Crippen LogP contribution in [-0.2, 0) is 4.79 Å². The van der Waals surface area contributed by atoms with Crippen LogP contribution in [-0.4, -0.2) is 31.0 Å². The lowest BCUT2D eigenvalue weighted by Gasteiger charge is -2.18. The fraction of sp³-hybridized carbons (Fsp3) is 0.462. The third kappa shape index (κ3) is 3.75. The van der Waals surface area contributed by atoms with Crippen molar-refractivity contribution in [3.8, 4) is 5.75 Å². The van der Waals surface area contributed by atoms with Gasteiger partial charge in [0.1, 0.15) is 5.75 Å². The molecule has 0 saturated heterocycles. The molecule has 4 nitrogen and oxygen atoms in total. The molecule has 0 aromatic heterocycles. The first-order valence-corrected chi connectivity index (χ1v) is 5.65. The number of hydrogen-bond acceptors (Lipinski definition) is 3. The Labute approximate surface area is 102 Å². The second kappa shape index (κ2) is 5.68. The highest BCUT2D eigenvalue weighted by Crippen LogP contribution is 2.17. The summed E-state index contributed by atoms with van der Waals surface area (Å²) in [6.07, 6.45) is -0.480. The largest absolute Gasteiger partial charge is 0.481 e. The standard InChI is InChI=1S/C13H20N2O2/c1-9(14)11-5-7-12(8-6-11)17-10(2)13(16)15(3)4/h5-10H,14H2,1-4H3/t9-,10?/m1/s1. The smallest absolute Gasteiger partial charge is 0.262 e. The van der Waals surface area contributed by atoms with E-state index in [4.69, 9.17) is 10.5 Å². The van der Waals surface area contributed by atoms with Gasteiger partial charge in [0.2, 0.25) is 0 Å². The van der Waals surface area contributed by atoms with Gasteiger partial charge in [0.25, 0.3) is 5.91 Å². The van der Waals surface area contributed by atoms with Crippen molar-refractivity contribution in [2.75, 3.05) is 14.1 Å². The number of hydrogen-bond donors (Lipinski definition) is 1. The molecule has 0 heterocycles. The second-order valence-electron chi connectivity index (χ2n) is 4.35. The number of amides is 1. The van der Waals surface area contributed by atoms with Crippen molar-refractivity contribution in [3.63, 3.8) is 0 Å². The number of benzene rings is 1. The normalized spacial score (nSPS) is 13.9. The second-order valence-corrected chi connectivity index (χ2v) is 4.35. The fourth-order valence-electron chi connectivity index (χ4n) is 1.47. The van der Waals surface area contributed by atoms with Crippen LogP contribution in [0, 0.1) is 0 Å². The quantitative estimate of drug-likeness (QED) is 0.863. The maximum Gasteiger partial charge on any atom is 0.262 e. The fourth-order valence-corrected chi connectivity index (χ4v) is 1.47. The minimum atomic E-state index is -0.480. The van der Waals surface area contributed by atoms with Crippen molar-refractivity contribution in [2.45, 2.75) is 26.0 Å². The highest BCUT2D eigenvalue weighted by atomic mass is 16.5. The molecule has 17 heavy (non-hydrogen) atoms. The third-order valence-corrected chi connectivity index (χ3v) is 2.51. The Morgan fingerprint density at radius 2 is 1.76 bits per heavy atom. The van der Waals surface area contributed by atoms with E-state index >= 15 is 0 Å². The number of nitrogens with zero attached hydrogens (tertiary/aromatic N) is 1. The molecule has 1 unspecified atom stereocenters. The van der Waals surface area contributed by atoms with E-state index in [1.165, 1.54) is 4.90 Å². The SMILES string of the molecule is CC(Oc1ccc([C@@H](C)N)cc1)C(=O)N(C)C. The Balaban J connectivity index is 2.66. The van der Waals surface area contributed by atoms with Gasteiger partial charge < -0.3 is 15.4 Å². The van der Waals surface area contributed by atoms with Gasteiger partial charge in [0, 0.05) is 20.1 Å². The van der Waals surface area contributed by atoms with E-state index in [9.17, 15) is 4.79 Å². The molecule has 0 saturated carbocycles. The van der Waals surface area contributed by atoms with Gasteiger partial charge >= 0.3 is 0 Å². The molecule has 0 aliphatic heterocycles. The summed E-state index contributed by atoms with van der Waals surface area (Å²) in [5, 5.41) is 0. The molecule has 1 rings (SSSR count). The summed E-state index contributed by atoms with van der Waals surface area (Å²) in [6, 6.07) is 7.49. The number of rotatable bonds is 4. The Morgan fingerprint density at radius 3 is 2.18 bits per heavy atom. The van der Waals surface area contributed by atoms with E-state index in [2.05, 4.69) is 0 Å². The Kier molecular flexibility index (Phi) is 4.52. The number of carbonyl (C=O) groups is 1. The van der Waals surface area contributed by atoms with Gasteiger partial charge in [-0.15, -0.1) is 0 Å². The van der Waals surface area contributed by atoms with Gasteiger partial charge in [-0.25, -0.2) is 0 Å². The highest BCUT2D eigenvalue weighted by Gasteiger charge is 2.16. The van der Waals surface area contributed by atoms with Crippen LogP contribution in [0.5, 0.6) is 5.75 Å². The Bertz CT molecular complexity index is 372. The lowest BCUT2D eigenvalue weighted by atomic mass is 10.1. The van der Waals surface area contributed by atoms with Gasteiger partial charge in [0.05, 0.1) is 0 Å². The zero-order valence-corrected chi connectivity index (χ0v) is 10.8. The maximum atomic E-state index is 11.6. The molecule has 0 fully saturated rings. The first kappa shape index (κ1) is 13.5. The highest BCUT2D eigenvalue weighted by molar-refractivity contribution is 5.80. The molecule has 0 aliphatic carbocycles. The zero-order chi connectivity index (χ0) is 13.0. The van der Waals surface area contributed by atoms with E-state index in [1.54, 1.807) is 21.0 Å². The van der Waals surface area contributed by atoms with E-state index in [0.29, 0.717) is 5.75 Å². The molecule has 1 aromatic carbocycles. The molecule has 94 valence electrons. The van der Waals surface area contributed by atoms with Crippen molar-refractivity contribution in [3.05, 3.63) is 29.8 Å². The Morgan fingerprint density at radius 1 is 1.24 bits per heavy atom. The summed E-state index contributed by atoms with van der Waals surface area (Å²) in [4.78, 5) is 13.1. The summed E-state index contributed by atoms with van der Waals surface area (Å²) in [5.41, 5.74) is 6.80. The average Bonchev–Trinajstić information content (AvgIpc) is 2.28. The predicted octanol–water partition coefficient (Wildman–Crippen LogP) is 1.56. The number of ether oxygens (including phenoxy) is 1. The molecule has 0 spiro atoms. The van der Waals surface area contributed by atoms with Crippen LogP contribution in [0.25, 0.3) is 0 Å². The van der Waals surface area contributed by atoms with E-state index < -0.39 is 6.10 Å². The summed E-state index contributed by atoms with van der Waals surface area (Å²) in [5.74, 6) is 0.623. The number of carbonyl (C=O) groups excluding carboxylic acids is 1. The van der Waals surface area contributed by atoms with Crippen LogP contribution in [0.1, 0.15) is 25.5 Å². The van der Waals surface area contributed by atoms with Crippen LogP contribution in [0.3, 0.4) is 0 Å². The molecule has 2 N–H and O–H groups in total. The number of likely N-dealkylation sites (N-methyl/N-ethyl adjacent to an activating group) is 1. The van der Waals surface area contributed by atoms with Gasteiger partial charge in [-0.3, -0.25) is 4.79 Å². The van der Waals surface area contributed by atoms with Crippen LogP contribution in [0.4, 0.5) is 0 Å². The monoisotopic (exact) mass is 236 g/mol. The molecular formula is C13H20N2O2. The van der Waals surface area contributed by atoms with Crippen molar-refractivity contribution < 1.29 is 9.53 Å². The van der Waals surface area contributed by atoms with Gasteiger partial charge in [-0.05, 0) is 31.5 Å². The van der Waals surface area contributed by atoms with Crippen LogP contribution in [0.2, 0.25) is 0 Å². The molecule has 1 aromatic rings. The van der Waals surface area contributed by atoms with Crippen LogP contribution >= 0.6 is 0 Å². The van der Waals surface area contributed by atoms with Crippen molar-refractivity contribution in [1.82, 2.24) is 4.90 Å². The van der Waals surface area contributed by atoms with Gasteiger partial charge in [-0.2, -0.15) is 0 Å². The lowest BCUT2D eigenvalue weighted by molar-refractivity contribution is -0.135. The molecule has 1 amide bonds. The molecule has 2 atom stereocenters. The summed E-state index contributed by atoms with van der Waals surface area (Å²) in [7, 11) is 3.42.